The Kier molecular flexibility index (Phi) is 9.48. The molecule has 2 rings (SSSR count). The molecule has 28 heavy (non-hydrogen) atoms. The number of hydrogen-bond donors (Lipinski definition) is 3. The molecule has 1 amide bonds. The van der Waals surface area contributed by atoms with Crippen LogP contribution in [0.25, 0.3) is 0 Å². The van der Waals surface area contributed by atoms with Crippen LogP contribution in [0.1, 0.15) is 18.1 Å². The van der Waals surface area contributed by atoms with Gasteiger partial charge in [-0.25, -0.2) is 0 Å². The fourth-order valence-corrected chi connectivity index (χ4v) is 2.83. The summed E-state index contributed by atoms with van der Waals surface area (Å²) in [5.74, 6) is 0.725. The van der Waals surface area contributed by atoms with Crippen LogP contribution in [0.2, 0.25) is 0 Å². The van der Waals surface area contributed by atoms with Gasteiger partial charge in [-0.3, -0.25) is 9.69 Å². The summed E-state index contributed by atoms with van der Waals surface area (Å²) >= 11 is 0. The van der Waals surface area contributed by atoms with Crippen LogP contribution in [0.5, 0.6) is 5.75 Å². The molecule has 1 unspecified atom stereocenters. The Hall–Kier alpha value is -2.41. The highest BCUT2D eigenvalue weighted by Gasteiger charge is 2.10. The predicted molar refractivity (Wildman–Crippen MR) is 111 cm³/mol. The number of benzene rings is 2. The zero-order valence-electron chi connectivity index (χ0n) is 16.7. The molecule has 0 aromatic heterocycles. The Labute approximate surface area is 167 Å². The number of rotatable bonds is 12. The molecule has 0 saturated heterocycles. The summed E-state index contributed by atoms with van der Waals surface area (Å²) in [6, 6.07) is 18.0. The third-order valence-corrected chi connectivity index (χ3v) is 4.19. The monoisotopic (exact) mass is 385 g/mol. The van der Waals surface area contributed by atoms with E-state index in [2.05, 4.69) is 27.7 Å². The van der Waals surface area contributed by atoms with Crippen molar-refractivity contribution in [3.05, 3.63) is 65.7 Å². The highest BCUT2D eigenvalue weighted by atomic mass is 16.5. The van der Waals surface area contributed by atoms with Gasteiger partial charge in [0.05, 0.1) is 0 Å². The van der Waals surface area contributed by atoms with Gasteiger partial charge in [0.1, 0.15) is 18.5 Å². The molecule has 2 aromatic carbocycles. The number of aliphatic hydroxyl groups is 1. The lowest BCUT2D eigenvalue weighted by molar-refractivity contribution is -0.118. The maximum atomic E-state index is 10.8. The summed E-state index contributed by atoms with van der Waals surface area (Å²) < 4.78 is 5.70. The van der Waals surface area contributed by atoms with E-state index in [0.717, 1.165) is 30.9 Å². The minimum absolute atomic E-state index is 0.0169. The molecule has 6 heteroatoms. The number of hydrogen-bond acceptors (Lipinski definition) is 5. The van der Waals surface area contributed by atoms with Crippen LogP contribution in [0, 0.1) is 0 Å². The van der Waals surface area contributed by atoms with Gasteiger partial charge in [0, 0.05) is 39.6 Å². The van der Waals surface area contributed by atoms with Crippen LogP contribution in [-0.4, -0.2) is 55.3 Å². The van der Waals surface area contributed by atoms with Crippen molar-refractivity contribution in [3.63, 3.8) is 0 Å². The fraction of sp³-hybridized carbons (Fsp3) is 0.409. The zero-order chi connectivity index (χ0) is 20.2. The first-order chi connectivity index (χ1) is 13.5. The van der Waals surface area contributed by atoms with E-state index >= 15 is 0 Å². The van der Waals surface area contributed by atoms with E-state index in [1.54, 1.807) is 0 Å². The van der Waals surface area contributed by atoms with Crippen LogP contribution < -0.4 is 15.4 Å². The molecule has 3 N–H and O–H groups in total. The molecule has 152 valence electrons. The lowest BCUT2D eigenvalue weighted by atomic mass is 10.2. The molecule has 6 nitrogen and oxygen atoms in total. The number of ether oxygens (including phenoxy) is 1. The molecule has 2 aromatic rings. The average molecular weight is 386 g/mol. The van der Waals surface area contributed by atoms with E-state index < -0.39 is 6.10 Å². The fourth-order valence-electron chi connectivity index (χ4n) is 2.83. The quantitative estimate of drug-likeness (QED) is 0.486. The normalized spacial score (nSPS) is 12.0. The summed E-state index contributed by atoms with van der Waals surface area (Å²) in [5.41, 5.74) is 2.36. The SMILES string of the molecule is CC(=O)NCCNCc1ccc(OCC(O)CN(C)Cc2ccccc2)cc1. The van der Waals surface area contributed by atoms with Gasteiger partial charge in [-0.1, -0.05) is 42.5 Å². The van der Waals surface area contributed by atoms with Crippen molar-refractivity contribution >= 4 is 5.91 Å². The third-order valence-electron chi connectivity index (χ3n) is 4.19. The number of nitrogens with zero attached hydrogens (tertiary/aromatic N) is 1. The van der Waals surface area contributed by atoms with Crippen molar-refractivity contribution in [3.8, 4) is 5.75 Å². The van der Waals surface area contributed by atoms with Crippen molar-refractivity contribution in [2.75, 3.05) is 33.3 Å². The Morgan fingerprint density at radius 2 is 1.79 bits per heavy atom. The Bertz CT molecular complexity index is 692. The molecule has 0 heterocycles. The molecule has 0 aliphatic carbocycles. The molecule has 1 atom stereocenters. The molecule has 0 bridgehead atoms. The minimum atomic E-state index is -0.552. The van der Waals surface area contributed by atoms with Gasteiger partial charge in [0.2, 0.25) is 5.91 Å². The molecule has 0 aliphatic heterocycles. The maximum absolute atomic E-state index is 10.8. The minimum Gasteiger partial charge on any atom is -0.491 e. The summed E-state index contributed by atoms with van der Waals surface area (Å²) in [4.78, 5) is 12.9. The van der Waals surface area contributed by atoms with E-state index in [-0.39, 0.29) is 12.5 Å². The first-order valence-electron chi connectivity index (χ1n) is 9.60. The molecular weight excluding hydrogens is 354 g/mol. The average Bonchev–Trinajstić information content (AvgIpc) is 2.67. The first kappa shape index (κ1) is 21.9. The number of nitrogens with one attached hydrogen (secondary N) is 2. The van der Waals surface area contributed by atoms with Crippen molar-refractivity contribution in [2.45, 2.75) is 26.1 Å². The lowest BCUT2D eigenvalue weighted by Gasteiger charge is -2.21. The Balaban J connectivity index is 1.64. The van der Waals surface area contributed by atoms with E-state index in [9.17, 15) is 9.90 Å². The van der Waals surface area contributed by atoms with E-state index in [1.807, 2.05) is 49.5 Å². The zero-order valence-corrected chi connectivity index (χ0v) is 16.7. The van der Waals surface area contributed by atoms with Gasteiger partial charge in [0.25, 0.3) is 0 Å². The second-order valence-electron chi connectivity index (χ2n) is 6.95. The smallest absolute Gasteiger partial charge is 0.216 e. The van der Waals surface area contributed by atoms with Gasteiger partial charge in [-0.2, -0.15) is 0 Å². The number of amides is 1. The van der Waals surface area contributed by atoms with E-state index in [0.29, 0.717) is 13.1 Å². The molecule has 0 spiro atoms. The molecular formula is C22H31N3O3. The maximum Gasteiger partial charge on any atom is 0.216 e. The summed E-state index contributed by atoms with van der Waals surface area (Å²) in [6.45, 7) is 5.18. The lowest BCUT2D eigenvalue weighted by Crippen LogP contribution is -2.32. The van der Waals surface area contributed by atoms with Crippen molar-refractivity contribution in [1.29, 1.82) is 0 Å². The standard InChI is InChI=1S/C22H31N3O3/c1-18(26)24-13-12-23-14-19-8-10-22(11-9-19)28-17-21(27)16-25(2)15-20-6-4-3-5-7-20/h3-11,21,23,27H,12-17H2,1-2H3,(H,24,26). The van der Waals surface area contributed by atoms with E-state index in [1.165, 1.54) is 12.5 Å². The topological polar surface area (TPSA) is 73.8 Å². The largest absolute Gasteiger partial charge is 0.491 e. The molecule has 0 saturated carbocycles. The Morgan fingerprint density at radius 1 is 1.07 bits per heavy atom. The Morgan fingerprint density at radius 3 is 2.46 bits per heavy atom. The van der Waals surface area contributed by atoms with Gasteiger partial charge in [-0.05, 0) is 30.3 Å². The number of likely N-dealkylation sites (N-methyl/N-ethyl adjacent to an activating group) is 1. The van der Waals surface area contributed by atoms with Crippen LogP contribution >= 0.6 is 0 Å². The van der Waals surface area contributed by atoms with Gasteiger partial charge >= 0.3 is 0 Å². The van der Waals surface area contributed by atoms with Crippen LogP contribution in [-0.2, 0) is 17.9 Å². The van der Waals surface area contributed by atoms with Crippen LogP contribution in [0.15, 0.2) is 54.6 Å². The van der Waals surface area contributed by atoms with Crippen molar-refractivity contribution < 1.29 is 14.6 Å². The first-order valence-corrected chi connectivity index (χ1v) is 9.60. The molecule has 0 fully saturated rings. The summed E-state index contributed by atoms with van der Waals surface area (Å²) in [5, 5.41) is 16.2. The molecule has 0 aliphatic rings. The number of carbonyl (C=O) groups is 1. The van der Waals surface area contributed by atoms with Gasteiger partial charge < -0.3 is 20.5 Å². The molecule has 0 radical (unpaired) electrons. The second-order valence-corrected chi connectivity index (χ2v) is 6.95. The van der Waals surface area contributed by atoms with E-state index in [4.69, 9.17) is 4.74 Å². The highest BCUT2D eigenvalue weighted by molar-refractivity contribution is 5.72. The van der Waals surface area contributed by atoms with Gasteiger partial charge in [-0.15, -0.1) is 0 Å². The third kappa shape index (κ3) is 8.99. The number of aliphatic hydroxyl groups excluding tert-OH is 1. The number of carbonyl (C=O) groups excluding carboxylic acids is 1. The van der Waals surface area contributed by atoms with Crippen LogP contribution in [0.3, 0.4) is 0 Å². The second kappa shape index (κ2) is 12.1. The summed E-state index contributed by atoms with van der Waals surface area (Å²) in [7, 11) is 1.99. The predicted octanol–water partition coefficient (Wildman–Crippen LogP) is 1.78. The van der Waals surface area contributed by atoms with Crippen molar-refractivity contribution in [2.24, 2.45) is 0 Å². The van der Waals surface area contributed by atoms with Gasteiger partial charge in [0.15, 0.2) is 0 Å². The highest BCUT2D eigenvalue weighted by Crippen LogP contribution is 2.12. The summed E-state index contributed by atoms with van der Waals surface area (Å²) in [6.07, 6.45) is -0.552. The van der Waals surface area contributed by atoms with Crippen molar-refractivity contribution in [1.82, 2.24) is 15.5 Å². The van der Waals surface area contributed by atoms with Crippen LogP contribution in [0.4, 0.5) is 0 Å².